The molecule has 0 aliphatic rings. The number of aromatic nitrogens is 5. The van der Waals surface area contributed by atoms with Crippen LogP contribution < -0.4 is 5.43 Å². The molecule has 3 aromatic heterocycles. The van der Waals surface area contributed by atoms with Gasteiger partial charge >= 0.3 is 0 Å². The van der Waals surface area contributed by atoms with Crippen LogP contribution in [0.15, 0.2) is 236 Å². The minimum atomic E-state index is 0.0797. The summed E-state index contributed by atoms with van der Waals surface area (Å²) >= 11 is 0. The van der Waals surface area contributed by atoms with Crippen molar-refractivity contribution < 1.29 is 0 Å². The second-order valence-electron chi connectivity index (χ2n) is 16.4. The van der Waals surface area contributed by atoms with Gasteiger partial charge in [0.25, 0.3) is 0 Å². The van der Waals surface area contributed by atoms with Crippen LogP contribution in [0.1, 0.15) is 11.1 Å². The maximum Gasteiger partial charge on any atom is 0.164 e. The Morgan fingerprint density at radius 1 is 0.403 bits per heavy atom. The van der Waals surface area contributed by atoms with E-state index in [9.17, 15) is 5.41 Å². The molecule has 0 fully saturated rings. The first-order valence-corrected chi connectivity index (χ1v) is 22.2. The summed E-state index contributed by atoms with van der Waals surface area (Å²) in [5.41, 5.74) is 15.3. The van der Waals surface area contributed by atoms with E-state index < -0.39 is 0 Å². The molecule has 0 spiro atoms. The fourth-order valence-electron chi connectivity index (χ4n) is 9.11. The molecule has 9 aromatic carbocycles. The molecule has 316 valence electrons. The third-order valence-electron chi connectivity index (χ3n) is 12.3. The zero-order valence-corrected chi connectivity index (χ0v) is 36.1. The van der Waals surface area contributed by atoms with Gasteiger partial charge in [0.05, 0.1) is 22.1 Å². The molecule has 8 nitrogen and oxygen atoms in total. The first-order chi connectivity index (χ1) is 33.1. The van der Waals surface area contributed by atoms with Crippen molar-refractivity contribution in [3.8, 4) is 51.0 Å². The zero-order valence-electron chi connectivity index (χ0n) is 36.1. The summed E-state index contributed by atoms with van der Waals surface area (Å²) in [6, 6.07) is 78.4. The van der Waals surface area contributed by atoms with E-state index >= 15 is 0 Å². The average molecular weight is 861 g/mol. The van der Waals surface area contributed by atoms with Crippen molar-refractivity contribution in [3.63, 3.8) is 0 Å². The van der Waals surface area contributed by atoms with E-state index in [0.717, 1.165) is 60.8 Å². The number of rotatable bonds is 8. The number of hydrogen-bond donors (Lipinski definition) is 2. The van der Waals surface area contributed by atoms with Crippen LogP contribution in [0.4, 0.5) is 0 Å². The third-order valence-corrected chi connectivity index (χ3v) is 12.3. The van der Waals surface area contributed by atoms with Gasteiger partial charge < -0.3 is 4.57 Å². The Bertz CT molecular complexity index is 3760. The molecule has 12 aromatic rings. The maximum absolute atomic E-state index is 9.55. The molecule has 12 rings (SSSR count). The quantitative estimate of drug-likeness (QED) is 0.117. The van der Waals surface area contributed by atoms with Gasteiger partial charge in [-0.25, -0.2) is 19.9 Å². The number of fused-ring (bicyclic) bond motifs is 7. The maximum atomic E-state index is 9.55. The molecule has 0 radical (unpaired) electrons. The summed E-state index contributed by atoms with van der Waals surface area (Å²) < 4.78 is 4.51. The molecule has 0 amide bonds. The number of para-hydroxylation sites is 2. The van der Waals surface area contributed by atoms with E-state index in [1.165, 1.54) is 21.9 Å². The summed E-state index contributed by atoms with van der Waals surface area (Å²) in [7, 11) is 0. The van der Waals surface area contributed by atoms with Gasteiger partial charge in [0.2, 0.25) is 0 Å². The number of hydrogen-bond acceptors (Lipinski definition) is 4. The lowest BCUT2D eigenvalue weighted by Gasteiger charge is -2.15. The van der Waals surface area contributed by atoms with Gasteiger partial charge in [0.1, 0.15) is 0 Å². The molecule has 0 bridgehead atoms. The normalized spacial score (nSPS) is 11.7. The zero-order chi connectivity index (χ0) is 44.7. The van der Waals surface area contributed by atoms with Gasteiger partial charge in [-0.15, -0.1) is 0 Å². The Balaban J connectivity index is 0.982. The second-order valence-corrected chi connectivity index (χ2v) is 16.4. The predicted molar refractivity (Wildman–Crippen MR) is 275 cm³/mol. The lowest BCUT2D eigenvalue weighted by atomic mass is 10.1. The summed E-state index contributed by atoms with van der Waals surface area (Å²) in [5.74, 6) is 2.25. The van der Waals surface area contributed by atoms with Crippen molar-refractivity contribution >= 4 is 55.3 Å². The van der Waals surface area contributed by atoms with E-state index in [2.05, 4.69) is 124 Å². The molecule has 0 saturated heterocycles. The molecular weight excluding hydrogens is 821 g/mol. The Morgan fingerprint density at radius 3 is 1.57 bits per heavy atom. The van der Waals surface area contributed by atoms with Gasteiger partial charge in [0, 0.05) is 55.0 Å². The average Bonchev–Trinajstić information content (AvgIpc) is 3.91. The Labute approximate surface area is 386 Å². The summed E-state index contributed by atoms with van der Waals surface area (Å²) in [6.07, 6.45) is 0. The van der Waals surface area contributed by atoms with Gasteiger partial charge in [-0.1, -0.05) is 194 Å². The molecule has 8 heteroatoms. The van der Waals surface area contributed by atoms with E-state index in [1.54, 1.807) is 0 Å². The molecule has 67 heavy (non-hydrogen) atoms. The molecule has 0 unspecified atom stereocenters. The van der Waals surface area contributed by atoms with Crippen molar-refractivity contribution in [3.05, 3.63) is 242 Å². The molecule has 0 saturated carbocycles. The Kier molecular flexibility index (Phi) is 9.80. The van der Waals surface area contributed by atoms with Crippen molar-refractivity contribution in [1.82, 2.24) is 24.2 Å². The molecule has 3 heterocycles. The molecule has 2 N–H and O–H groups in total. The fraction of sp³-hybridized carbons (Fsp3) is 0. The monoisotopic (exact) mass is 860 g/mol. The SMILES string of the molecule is N=C(/N=C(\Nn1c2ccccc2c2c1ccc1c3ccccc3n(-c3ccc(-c4ccccc4)cc3)c12)c1ccccc1)c1cccc(-c2nc(-c3ccccc3)nc(-c3ccccc3)n2)c1. The lowest BCUT2D eigenvalue weighted by Crippen LogP contribution is -2.25. The predicted octanol–water partition coefficient (Wildman–Crippen LogP) is 13.8. The van der Waals surface area contributed by atoms with E-state index in [4.69, 9.17) is 19.9 Å². The summed E-state index contributed by atoms with van der Waals surface area (Å²) in [4.78, 5) is 19.8. The smallest absolute Gasteiger partial charge is 0.164 e. The van der Waals surface area contributed by atoms with Gasteiger partial charge in [-0.2, -0.15) is 0 Å². The van der Waals surface area contributed by atoms with Crippen LogP contribution in [-0.2, 0) is 0 Å². The first-order valence-electron chi connectivity index (χ1n) is 22.2. The fourth-order valence-corrected chi connectivity index (χ4v) is 9.11. The van der Waals surface area contributed by atoms with Crippen LogP contribution in [0.5, 0.6) is 0 Å². The van der Waals surface area contributed by atoms with Crippen molar-refractivity contribution in [1.29, 1.82) is 5.41 Å². The Morgan fingerprint density at radius 2 is 0.910 bits per heavy atom. The van der Waals surface area contributed by atoms with Crippen LogP contribution >= 0.6 is 0 Å². The number of amidine groups is 2. The number of nitrogens with one attached hydrogen (secondary N) is 2. The van der Waals surface area contributed by atoms with Gasteiger partial charge in [-0.05, 0) is 47.5 Å². The highest BCUT2D eigenvalue weighted by Gasteiger charge is 2.22. The van der Waals surface area contributed by atoms with Crippen LogP contribution in [0.25, 0.3) is 94.6 Å². The lowest BCUT2D eigenvalue weighted by molar-refractivity contribution is 1.07. The van der Waals surface area contributed by atoms with E-state index in [-0.39, 0.29) is 5.84 Å². The van der Waals surface area contributed by atoms with Crippen LogP contribution in [0.2, 0.25) is 0 Å². The highest BCUT2D eigenvalue weighted by atomic mass is 15.4. The summed E-state index contributed by atoms with van der Waals surface area (Å²) in [6.45, 7) is 0. The van der Waals surface area contributed by atoms with Crippen LogP contribution in [0.3, 0.4) is 0 Å². The summed E-state index contributed by atoms with van der Waals surface area (Å²) in [5, 5.41) is 14.1. The Hall–Kier alpha value is -9.27. The second kappa shape index (κ2) is 16.7. The number of benzene rings is 9. The standard InChI is InChI=1S/C59H40N8/c60-55(44-26-17-27-45(38-44)58-63-56(41-20-7-2-8-21-41)62-57(64-58)42-22-9-3-10-23-42)61-59(43-24-11-4-12-25-43)65-67-51-31-16-14-29-49(51)53-52(67)37-36-48-47-28-13-15-30-50(47)66(54(48)53)46-34-32-40(33-35-46)39-18-5-1-6-19-39/h1-38H,(H2,60,61,65). The van der Waals surface area contributed by atoms with Gasteiger partial charge in [-0.3, -0.25) is 15.5 Å². The third kappa shape index (κ3) is 7.19. The van der Waals surface area contributed by atoms with Crippen LogP contribution in [0, 0.1) is 5.41 Å². The molecule has 0 atom stereocenters. The minimum absolute atomic E-state index is 0.0797. The highest BCUT2D eigenvalue weighted by molar-refractivity contribution is 6.26. The van der Waals surface area contributed by atoms with Crippen molar-refractivity contribution in [2.24, 2.45) is 4.99 Å². The first kappa shape index (κ1) is 39.3. The van der Waals surface area contributed by atoms with E-state index in [1.807, 2.05) is 121 Å². The number of nitrogens with zero attached hydrogens (tertiary/aromatic N) is 6. The largest absolute Gasteiger partial charge is 0.309 e. The molecular formula is C59H40N8. The van der Waals surface area contributed by atoms with Gasteiger partial charge in [0.15, 0.2) is 29.1 Å². The van der Waals surface area contributed by atoms with E-state index in [0.29, 0.717) is 28.9 Å². The molecule has 0 aliphatic heterocycles. The minimum Gasteiger partial charge on any atom is -0.309 e. The van der Waals surface area contributed by atoms with Crippen molar-refractivity contribution in [2.45, 2.75) is 0 Å². The topological polar surface area (TPSA) is 96.8 Å². The number of aliphatic imine (C=N–C) groups is 1. The van der Waals surface area contributed by atoms with Crippen molar-refractivity contribution in [2.75, 3.05) is 5.43 Å². The molecule has 0 aliphatic carbocycles. The highest BCUT2D eigenvalue weighted by Crippen LogP contribution is 2.41. The van der Waals surface area contributed by atoms with Crippen LogP contribution in [-0.4, -0.2) is 35.9 Å².